The van der Waals surface area contributed by atoms with E-state index in [0.717, 1.165) is 24.0 Å². The molecule has 2 rings (SSSR count). The van der Waals surface area contributed by atoms with Gasteiger partial charge in [0.1, 0.15) is 17.2 Å². The van der Waals surface area contributed by atoms with Gasteiger partial charge < -0.3 is 14.6 Å². The Balaban J connectivity index is 2.55. The SMILES string of the molecule is C=CC(C)(C)c1ccc(OCCC)c(C=CC(=O)c2ccc(O)cc2)c1OCCC. The Hall–Kier alpha value is -3.01. The molecule has 0 aliphatic rings. The van der Waals surface area contributed by atoms with Crippen molar-refractivity contribution in [1.29, 1.82) is 0 Å². The standard InChI is InChI=1S/C26H32O4/c1-6-17-29-24-16-14-22(26(4,5)8-3)25(30-18-7-2)21(24)13-15-23(28)19-9-11-20(27)12-10-19/h8-16,27H,3,6-7,17-18H2,1-2,4-5H3. The molecule has 4 heteroatoms. The first-order chi connectivity index (χ1) is 14.3. The maximum Gasteiger partial charge on any atom is 0.185 e. The van der Waals surface area contributed by atoms with Crippen LogP contribution in [0.2, 0.25) is 0 Å². The second-order valence-electron chi connectivity index (χ2n) is 7.72. The average Bonchev–Trinajstić information content (AvgIpc) is 2.75. The molecule has 0 atom stereocenters. The lowest BCUT2D eigenvalue weighted by Gasteiger charge is -2.26. The Kier molecular flexibility index (Phi) is 8.28. The van der Waals surface area contributed by atoms with E-state index in [-0.39, 0.29) is 16.9 Å². The topological polar surface area (TPSA) is 55.8 Å². The lowest BCUT2D eigenvalue weighted by Crippen LogP contribution is -2.16. The number of rotatable bonds is 11. The number of hydrogen-bond donors (Lipinski definition) is 1. The van der Waals surface area contributed by atoms with Gasteiger partial charge in [-0.25, -0.2) is 0 Å². The third-order valence-corrected chi connectivity index (χ3v) is 4.83. The number of aromatic hydroxyl groups is 1. The number of carbonyl (C=O) groups excluding carboxylic acids is 1. The fraction of sp³-hybridized carbons (Fsp3) is 0.346. The molecule has 0 aromatic heterocycles. The van der Waals surface area contributed by atoms with Gasteiger partial charge in [0.2, 0.25) is 0 Å². The van der Waals surface area contributed by atoms with E-state index in [1.165, 1.54) is 18.2 Å². The van der Waals surface area contributed by atoms with Crippen molar-refractivity contribution >= 4 is 11.9 Å². The lowest BCUT2D eigenvalue weighted by molar-refractivity contribution is 0.104. The smallest absolute Gasteiger partial charge is 0.185 e. The van der Waals surface area contributed by atoms with Gasteiger partial charge in [-0.2, -0.15) is 0 Å². The number of phenolic OH excluding ortho intramolecular Hbond substituents is 1. The van der Waals surface area contributed by atoms with Crippen LogP contribution >= 0.6 is 0 Å². The van der Waals surface area contributed by atoms with Gasteiger partial charge in [0.05, 0.1) is 18.8 Å². The van der Waals surface area contributed by atoms with Crippen molar-refractivity contribution in [3.63, 3.8) is 0 Å². The monoisotopic (exact) mass is 408 g/mol. The summed E-state index contributed by atoms with van der Waals surface area (Å²) < 4.78 is 12.1. The molecule has 0 unspecified atom stereocenters. The average molecular weight is 409 g/mol. The van der Waals surface area contributed by atoms with Crippen LogP contribution in [0.1, 0.15) is 62.0 Å². The first-order valence-corrected chi connectivity index (χ1v) is 10.4. The van der Waals surface area contributed by atoms with E-state index >= 15 is 0 Å². The van der Waals surface area contributed by atoms with Gasteiger partial charge in [-0.1, -0.05) is 39.8 Å². The van der Waals surface area contributed by atoms with E-state index in [9.17, 15) is 9.90 Å². The van der Waals surface area contributed by atoms with E-state index in [0.29, 0.717) is 30.3 Å². The number of benzene rings is 2. The Morgan fingerprint density at radius 1 is 1.03 bits per heavy atom. The molecule has 0 spiro atoms. The normalized spacial score (nSPS) is 11.5. The molecule has 2 aromatic carbocycles. The molecule has 0 radical (unpaired) electrons. The van der Waals surface area contributed by atoms with Crippen molar-refractivity contribution in [2.24, 2.45) is 0 Å². The zero-order valence-electron chi connectivity index (χ0n) is 18.4. The van der Waals surface area contributed by atoms with Crippen LogP contribution in [-0.4, -0.2) is 24.1 Å². The molecule has 4 nitrogen and oxygen atoms in total. The minimum atomic E-state index is -0.310. The number of allylic oxidation sites excluding steroid dienone is 2. The molecule has 0 saturated carbocycles. The van der Waals surface area contributed by atoms with Crippen LogP contribution in [0.4, 0.5) is 0 Å². The molecule has 30 heavy (non-hydrogen) atoms. The molecule has 0 fully saturated rings. The van der Waals surface area contributed by atoms with Gasteiger partial charge in [0.15, 0.2) is 5.78 Å². The van der Waals surface area contributed by atoms with E-state index in [1.807, 2.05) is 25.1 Å². The molecule has 2 aromatic rings. The Morgan fingerprint density at radius 3 is 2.27 bits per heavy atom. The van der Waals surface area contributed by atoms with Crippen LogP contribution in [0.25, 0.3) is 6.08 Å². The van der Waals surface area contributed by atoms with Crippen molar-refractivity contribution in [2.45, 2.75) is 46.0 Å². The summed E-state index contributed by atoms with van der Waals surface area (Å²) in [6.45, 7) is 13.4. The molecular formula is C26H32O4. The molecule has 0 heterocycles. The van der Waals surface area contributed by atoms with Crippen molar-refractivity contribution in [3.05, 3.63) is 71.8 Å². The van der Waals surface area contributed by atoms with Crippen LogP contribution in [0.15, 0.2) is 55.1 Å². The Labute approximate surface area is 179 Å². The van der Waals surface area contributed by atoms with Gasteiger partial charge in [0.25, 0.3) is 0 Å². The second-order valence-corrected chi connectivity index (χ2v) is 7.72. The number of ether oxygens (including phenoxy) is 2. The van der Waals surface area contributed by atoms with Crippen LogP contribution < -0.4 is 9.47 Å². The number of phenols is 1. The zero-order chi connectivity index (χ0) is 22.1. The van der Waals surface area contributed by atoms with Crippen molar-refractivity contribution < 1.29 is 19.4 Å². The first-order valence-electron chi connectivity index (χ1n) is 10.4. The summed E-state index contributed by atoms with van der Waals surface area (Å²) in [4.78, 5) is 12.7. The molecule has 1 N–H and O–H groups in total. The fourth-order valence-corrected chi connectivity index (χ4v) is 2.94. The van der Waals surface area contributed by atoms with Crippen molar-refractivity contribution in [3.8, 4) is 17.2 Å². The highest BCUT2D eigenvalue weighted by molar-refractivity contribution is 6.07. The predicted molar refractivity (Wildman–Crippen MR) is 123 cm³/mol. The molecule has 0 bridgehead atoms. The molecule has 0 aliphatic heterocycles. The molecule has 0 saturated heterocycles. The molecular weight excluding hydrogens is 376 g/mol. The summed E-state index contributed by atoms with van der Waals surface area (Å²) >= 11 is 0. The summed E-state index contributed by atoms with van der Waals surface area (Å²) in [7, 11) is 0. The van der Waals surface area contributed by atoms with Crippen molar-refractivity contribution in [2.75, 3.05) is 13.2 Å². The fourth-order valence-electron chi connectivity index (χ4n) is 2.94. The summed E-state index contributed by atoms with van der Waals surface area (Å²) in [5.74, 6) is 1.36. The van der Waals surface area contributed by atoms with E-state index in [1.54, 1.807) is 18.2 Å². The van der Waals surface area contributed by atoms with Gasteiger partial charge in [-0.3, -0.25) is 4.79 Å². The van der Waals surface area contributed by atoms with E-state index in [2.05, 4.69) is 27.4 Å². The number of hydrogen-bond acceptors (Lipinski definition) is 4. The lowest BCUT2D eigenvalue weighted by atomic mass is 9.83. The molecule has 0 aliphatic carbocycles. The minimum absolute atomic E-state index is 0.125. The van der Waals surface area contributed by atoms with Crippen LogP contribution in [0.5, 0.6) is 17.2 Å². The van der Waals surface area contributed by atoms with Gasteiger partial charge >= 0.3 is 0 Å². The van der Waals surface area contributed by atoms with Crippen LogP contribution in [0, 0.1) is 0 Å². The second kappa shape index (κ2) is 10.7. The highest BCUT2D eigenvalue weighted by atomic mass is 16.5. The van der Waals surface area contributed by atoms with Crippen LogP contribution in [0.3, 0.4) is 0 Å². The maximum atomic E-state index is 12.7. The number of carbonyl (C=O) groups is 1. The summed E-state index contributed by atoms with van der Waals surface area (Å²) in [5.41, 5.74) is 1.93. The molecule has 160 valence electrons. The van der Waals surface area contributed by atoms with Gasteiger partial charge in [-0.05, 0) is 55.3 Å². The van der Waals surface area contributed by atoms with E-state index in [4.69, 9.17) is 9.47 Å². The minimum Gasteiger partial charge on any atom is -0.508 e. The molecule has 0 amide bonds. The highest BCUT2D eigenvalue weighted by Gasteiger charge is 2.25. The largest absolute Gasteiger partial charge is 0.508 e. The summed E-state index contributed by atoms with van der Waals surface area (Å²) in [6, 6.07) is 10.1. The quantitative estimate of drug-likeness (QED) is 0.268. The maximum absolute atomic E-state index is 12.7. The third kappa shape index (κ3) is 5.76. The van der Waals surface area contributed by atoms with E-state index < -0.39 is 0 Å². The Bertz CT molecular complexity index is 892. The Morgan fingerprint density at radius 2 is 1.67 bits per heavy atom. The first kappa shape index (κ1) is 23.3. The zero-order valence-corrected chi connectivity index (χ0v) is 18.4. The number of ketones is 1. The van der Waals surface area contributed by atoms with Crippen LogP contribution in [-0.2, 0) is 5.41 Å². The third-order valence-electron chi connectivity index (χ3n) is 4.83. The predicted octanol–water partition coefficient (Wildman–Crippen LogP) is 6.33. The van der Waals surface area contributed by atoms with Crippen molar-refractivity contribution in [1.82, 2.24) is 0 Å². The summed E-state index contributed by atoms with van der Waals surface area (Å²) in [6.07, 6.45) is 6.91. The van der Waals surface area contributed by atoms with Gasteiger partial charge in [-0.15, -0.1) is 6.58 Å². The summed E-state index contributed by atoms with van der Waals surface area (Å²) in [5, 5.41) is 9.44. The van der Waals surface area contributed by atoms with Gasteiger partial charge in [0, 0.05) is 16.5 Å². The highest BCUT2D eigenvalue weighted by Crippen LogP contribution is 2.40.